The number of benzene rings is 2. The highest BCUT2D eigenvalue weighted by atomic mass is 35.5. The number of amides is 1. The average Bonchev–Trinajstić information content (AvgIpc) is 3.37. The molecule has 1 saturated carbocycles. The smallest absolute Gasteiger partial charge is 0.242 e. The van der Waals surface area contributed by atoms with E-state index in [2.05, 4.69) is 17.1 Å². The summed E-state index contributed by atoms with van der Waals surface area (Å²) in [4.78, 5) is 16.0. The van der Waals surface area contributed by atoms with Crippen molar-refractivity contribution in [2.45, 2.75) is 69.5 Å². The van der Waals surface area contributed by atoms with E-state index >= 15 is 4.39 Å². The molecule has 4 rings (SSSR count). The van der Waals surface area contributed by atoms with Crippen molar-refractivity contribution in [2.75, 3.05) is 5.32 Å². The molecule has 1 heterocycles. The summed E-state index contributed by atoms with van der Waals surface area (Å²) in [6.07, 6.45) is 6.20. The van der Waals surface area contributed by atoms with E-state index in [1.54, 1.807) is 30.3 Å². The van der Waals surface area contributed by atoms with Gasteiger partial charge in [-0.05, 0) is 55.5 Å². The van der Waals surface area contributed by atoms with Gasteiger partial charge in [0.15, 0.2) is 0 Å². The van der Waals surface area contributed by atoms with Crippen LogP contribution < -0.4 is 5.32 Å². The molecule has 3 nitrogen and oxygen atoms in total. The van der Waals surface area contributed by atoms with E-state index in [-0.39, 0.29) is 22.9 Å². The summed E-state index contributed by atoms with van der Waals surface area (Å²) < 4.78 is 15.0. The largest absolute Gasteiger partial charge is 0.325 e. The molecule has 2 fully saturated rings. The lowest BCUT2D eigenvalue weighted by Gasteiger charge is -2.35. The van der Waals surface area contributed by atoms with Crippen molar-refractivity contribution in [3.8, 4) is 0 Å². The fourth-order valence-electron chi connectivity index (χ4n) is 5.29. The Hall–Kier alpha value is -1.62. The summed E-state index contributed by atoms with van der Waals surface area (Å²) in [6, 6.07) is 12.4. The molecule has 1 aliphatic carbocycles. The molecule has 160 valence electrons. The zero-order chi connectivity index (χ0) is 21.3. The lowest BCUT2D eigenvalue weighted by atomic mass is 9.89. The second-order valence-corrected chi connectivity index (χ2v) is 9.22. The number of anilines is 1. The predicted molar refractivity (Wildman–Crippen MR) is 121 cm³/mol. The number of carbonyl (C=O) groups excluding carboxylic acids is 1. The Morgan fingerprint density at radius 1 is 1.17 bits per heavy atom. The Bertz CT molecular complexity index is 916. The highest BCUT2D eigenvalue weighted by Gasteiger charge is 2.49. The highest BCUT2D eigenvalue weighted by molar-refractivity contribution is 6.31. The Kier molecular flexibility index (Phi) is 6.66. The van der Waals surface area contributed by atoms with Gasteiger partial charge in [-0.15, -0.1) is 0 Å². The Labute approximate surface area is 187 Å². The molecule has 6 heteroatoms. The lowest BCUT2D eigenvalue weighted by Crippen LogP contribution is -2.49. The molecule has 2 unspecified atom stereocenters. The van der Waals surface area contributed by atoms with E-state index in [0.29, 0.717) is 22.3 Å². The molecule has 0 bridgehead atoms. The van der Waals surface area contributed by atoms with Crippen LogP contribution in [0.5, 0.6) is 0 Å². The molecule has 0 aromatic heterocycles. The summed E-state index contributed by atoms with van der Waals surface area (Å²) in [5.41, 5.74) is 1.19. The van der Waals surface area contributed by atoms with E-state index in [1.807, 2.05) is 12.1 Å². The first-order valence-corrected chi connectivity index (χ1v) is 11.5. The lowest BCUT2D eigenvalue weighted by molar-refractivity contribution is -0.122. The number of nitrogens with zero attached hydrogens (tertiary/aromatic N) is 1. The van der Waals surface area contributed by atoms with Crippen LogP contribution in [0.4, 0.5) is 10.1 Å². The van der Waals surface area contributed by atoms with Gasteiger partial charge in [-0.1, -0.05) is 61.2 Å². The van der Waals surface area contributed by atoms with Crippen molar-refractivity contribution in [2.24, 2.45) is 0 Å². The highest BCUT2D eigenvalue weighted by Crippen LogP contribution is 2.44. The van der Waals surface area contributed by atoms with Crippen LogP contribution in [0.15, 0.2) is 42.5 Å². The van der Waals surface area contributed by atoms with Gasteiger partial charge in [-0.2, -0.15) is 0 Å². The number of likely N-dealkylation sites (tertiary alicyclic amines) is 1. The maximum absolute atomic E-state index is 15.0. The van der Waals surface area contributed by atoms with Crippen LogP contribution in [0.1, 0.15) is 56.9 Å². The monoisotopic (exact) mass is 448 g/mol. The van der Waals surface area contributed by atoms with Crippen LogP contribution in [0, 0.1) is 5.82 Å². The van der Waals surface area contributed by atoms with Crippen LogP contribution in [0.3, 0.4) is 0 Å². The Morgan fingerprint density at radius 3 is 2.60 bits per heavy atom. The zero-order valence-electron chi connectivity index (χ0n) is 17.1. The van der Waals surface area contributed by atoms with Crippen LogP contribution in [0.2, 0.25) is 10.0 Å². The van der Waals surface area contributed by atoms with Crippen LogP contribution in [-0.2, 0) is 4.79 Å². The van der Waals surface area contributed by atoms with Crippen molar-refractivity contribution in [1.29, 1.82) is 0 Å². The molecule has 3 atom stereocenters. The Balaban J connectivity index is 1.72. The van der Waals surface area contributed by atoms with E-state index in [1.165, 1.54) is 12.8 Å². The van der Waals surface area contributed by atoms with Crippen molar-refractivity contribution in [1.82, 2.24) is 4.90 Å². The van der Waals surface area contributed by atoms with Crippen LogP contribution >= 0.6 is 23.2 Å². The molecule has 30 heavy (non-hydrogen) atoms. The number of carbonyl (C=O) groups is 1. The van der Waals surface area contributed by atoms with Gasteiger partial charge in [-0.3, -0.25) is 9.69 Å². The number of nitrogens with one attached hydrogen (secondary N) is 1. The number of hydrogen-bond acceptors (Lipinski definition) is 2. The van der Waals surface area contributed by atoms with Gasteiger partial charge >= 0.3 is 0 Å². The molecular formula is C24H27Cl2FN2O. The van der Waals surface area contributed by atoms with Gasteiger partial charge in [0, 0.05) is 28.7 Å². The van der Waals surface area contributed by atoms with Gasteiger partial charge in [0.25, 0.3) is 0 Å². The van der Waals surface area contributed by atoms with Crippen molar-refractivity contribution in [3.63, 3.8) is 0 Å². The third kappa shape index (κ3) is 4.23. The van der Waals surface area contributed by atoms with E-state index < -0.39 is 11.9 Å². The van der Waals surface area contributed by atoms with E-state index in [4.69, 9.17) is 23.2 Å². The first kappa shape index (κ1) is 21.6. The summed E-state index contributed by atoms with van der Waals surface area (Å²) in [5, 5.41) is 3.71. The molecule has 1 amide bonds. The Morgan fingerprint density at radius 2 is 1.90 bits per heavy atom. The maximum atomic E-state index is 15.0. The normalized spacial score (nSPS) is 25.0. The molecular weight excluding hydrogens is 422 g/mol. The fourth-order valence-corrected chi connectivity index (χ4v) is 5.66. The molecule has 1 aliphatic heterocycles. The van der Waals surface area contributed by atoms with Crippen molar-refractivity contribution < 1.29 is 9.18 Å². The molecule has 0 radical (unpaired) electrons. The maximum Gasteiger partial charge on any atom is 0.242 e. The first-order valence-electron chi connectivity index (χ1n) is 10.8. The first-order chi connectivity index (χ1) is 14.5. The standard InChI is InChI=1S/C24H27Cl2FN2O/c1-2-17-14-20(19-11-6-12-21(26)22(19)27)23(29(17)18-9-3-4-10-18)24(30)28-16-8-5-7-15(25)13-16/h5-8,11-13,17-18,20,23H,2-4,9-10,14H2,1H3,(H,28,30)/t17-,20?,23?/m0/s1. The minimum absolute atomic E-state index is 0.105. The third-order valence-electron chi connectivity index (χ3n) is 6.61. The topological polar surface area (TPSA) is 32.3 Å². The number of rotatable bonds is 5. The molecule has 1 saturated heterocycles. The second kappa shape index (κ2) is 9.25. The second-order valence-electron chi connectivity index (χ2n) is 8.38. The third-order valence-corrected chi connectivity index (χ3v) is 7.14. The molecule has 1 N–H and O–H groups in total. The quantitative estimate of drug-likeness (QED) is 0.554. The number of halogens is 3. The minimum Gasteiger partial charge on any atom is -0.325 e. The summed E-state index contributed by atoms with van der Waals surface area (Å²) in [5.74, 6) is -0.759. The van der Waals surface area contributed by atoms with Gasteiger partial charge < -0.3 is 5.32 Å². The number of hydrogen-bond donors (Lipinski definition) is 1. The summed E-state index contributed by atoms with van der Waals surface area (Å²) in [7, 11) is 0. The van der Waals surface area contributed by atoms with Gasteiger partial charge in [0.1, 0.15) is 5.82 Å². The molecule has 2 aromatic carbocycles. The molecule has 2 aliphatic rings. The zero-order valence-corrected chi connectivity index (χ0v) is 18.6. The minimum atomic E-state index is -0.440. The van der Waals surface area contributed by atoms with Crippen LogP contribution in [-0.4, -0.2) is 28.9 Å². The predicted octanol–water partition coefficient (Wildman–Crippen LogP) is 6.65. The molecule has 0 spiro atoms. The summed E-state index contributed by atoms with van der Waals surface area (Å²) in [6.45, 7) is 2.15. The van der Waals surface area contributed by atoms with Gasteiger partial charge in [0.05, 0.1) is 11.1 Å². The molecule has 2 aromatic rings. The van der Waals surface area contributed by atoms with Crippen molar-refractivity contribution >= 4 is 34.8 Å². The average molecular weight is 449 g/mol. The SMILES string of the molecule is CC[C@H]1CC(c2cccc(Cl)c2F)C(C(=O)Nc2cccc(Cl)c2)N1C1CCCC1. The van der Waals surface area contributed by atoms with Crippen LogP contribution in [0.25, 0.3) is 0 Å². The fraction of sp³-hybridized carbons (Fsp3) is 0.458. The van der Waals surface area contributed by atoms with E-state index in [9.17, 15) is 4.79 Å². The summed E-state index contributed by atoms with van der Waals surface area (Å²) >= 11 is 12.2. The van der Waals surface area contributed by atoms with Gasteiger partial charge in [0.2, 0.25) is 5.91 Å². The van der Waals surface area contributed by atoms with E-state index in [0.717, 1.165) is 25.7 Å². The van der Waals surface area contributed by atoms with Gasteiger partial charge in [-0.25, -0.2) is 4.39 Å². The van der Waals surface area contributed by atoms with Crippen molar-refractivity contribution in [3.05, 3.63) is 63.9 Å².